The molecule has 14 heteroatoms. The Balaban J connectivity index is 1.57. The molecule has 0 amide bonds. The van der Waals surface area contributed by atoms with Crippen molar-refractivity contribution in [2.75, 3.05) is 24.6 Å². The zero-order valence-corrected chi connectivity index (χ0v) is 16.3. The van der Waals surface area contributed by atoms with Crippen molar-refractivity contribution in [3.05, 3.63) is 60.9 Å². The van der Waals surface area contributed by atoms with Crippen molar-refractivity contribution in [2.24, 2.45) is 5.92 Å². The summed E-state index contributed by atoms with van der Waals surface area (Å²) >= 11 is 5.68. The van der Waals surface area contributed by atoms with Crippen LogP contribution in [0, 0.1) is 5.92 Å². The van der Waals surface area contributed by atoms with Gasteiger partial charge in [0.2, 0.25) is 0 Å². The number of anilines is 1. The minimum atomic E-state index is -3.17. The molecule has 1 atom stereocenters. The summed E-state index contributed by atoms with van der Waals surface area (Å²) in [6.07, 6.45) is 3.67. The molecule has 3 aromatic heterocycles. The molecule has 1 aliphatic rings. The Morgan fingerprint density at radius 1 is 1.23 bits per heavy atom. The third kappa shape index (κ3) is 4.30. The number of rotatable bonds is 5. The summed E-state index contributed by atoms with van der Waals surface area (Å²) in [5.41, 5.74) is -2.30. The Morgan fingerprint density at radius 3 is 2.68 bits per heavy atom. The molecule has 0 spiro atoms. The molecule has 3 aromatic rings. The molecule has 0 bridgehead atoms. The van der Waals surface area contributed by atoms with Crippen molar-refractivity contribution in [2.45, 2.75) is 5.92 Å². The molecule has 4 heterocycles. The van der Waals surface area contributed by atoms with Gasteiger partial charge in [0.05, 0.1) is 41.1 Å². The van der Waals surface area contributed by atoms with E-state index >= 15 is 0 Å². The number of aromatic nitrogens is 6. The maximum absolute atomic E-state index is 14.6. The number of halogens is 3. The van der Waals surface area contributed by atoms with Crippen molar-refractivity contribution in [1.82, 2.24) is 30.1 Å². The highest BCUT2D eigenvalue weighted by atomic mass is 35.5. The fourth-order valence-corrected chi connectivity index (χ4v) is 3.22. The second kappa shape index (κ2) is 7.91. The van der Waals surface area contributed by atoms with E-state index in [1.807, 2.05) is 4.98 Å². The van der Waals surface area contributed by atoms with Crippen LogP contribution in [-0.2, 0) is 0 Å². The van der Waals surface area contributed by atoms with Gasteiger partial charge in [-0.2, -0.15) is 5.10 Å². The summed E-state index contributed by atoms with van der Waals surface area (Å²) in [7, 11) is 0. The van der Waals surface area contributed by atoms with Crippen LogP contribution in [0.5, 0.6) is 6.01 Å². The first-order chi connectivity index (χ1) is 14.7. The van der Waals surface area contributed by atoms with Crippen LogP contribution in [0.25, 0.3) is 11.3 Å². The summed E-state index contributed by atoms with van der Waals surface area (Å²) in [5.74, 6) is -4.42. The lowest BCUT2D eigenvalue weighted by Gasteiger charge is -2.17. The van der Waals surface area contributed by atoms with E-state index in [9.17, 15) is 23.2 Å². The van der Waals surface area contributed by atoms with E-state index in [1.54, 1.807) is 0 Å². The molecule has 0 radical (unpaired) electrons. The fourth-order valence-electron chi connectivity index (χ4n) is 3.12. The van der Waals surface area contributed by atoms with Gasteiger partial charge in [-0.25, -0.2) is 28.6 Å². The SMILES string of the molecule is O=c1[nH]cc(-c2cc(N3CC(COc4ncc(Cl)cn4)C(F)(F)C3)c(=O)[nH]n2)c(=O)[nH]1. The maximum Gasteiger partial charge on any atom is 0.325 e. The van der Waals surface area contributed by atoms with Gasteiger partial charge in [-0.15, -0.1) is 0 Å². The first kappa shape index (κ1) is 20.7. The number of aromatic amines is 3. The van der Waals surface area contributed by atoms with Gasteiger partial charge >= 0.3 is 11.7 Å². The van der Waals surface area contributed by atoms with E-state index in [1.165, 1.54) is 23.4 Å². The third-order valence-corrected chi connectivity index (χ3v) is 4.87. The summed E-state index contributed by atoms with van der Waals surface area (Å²) in [6.45, 7) is -1.33. The van der Waals surface area contributed by atoms with Crippen molar-refractivity contribution >= 4 is 17.3 Å². The van der Waals surface area contributed by atoms with Gasteiger partial charge in [-0.3, -0.25) is 14.6 Å². The number of hydrogen-bond donors (Lipinski definition) is 3. The lowest BCUT2D eigenvalue weighted by atomic mass is 10.1. The fraction of sp³-hybridized carbons (Fsp3) is 0.294. The molecule has 4 rings (SSSR count). The van der Waals surface area contributed by atoms with Gasteiger partial charge in [0.25, 0.3) is 17.0 Å². The van der Waals surface area contributed by atoms with E-state index in [0.717, 1.165) is 6.20 Å². The average molecular weight is 454 g/mol. The van der Waals surface area contributed by atoms with Crippen molar-refractivity contribution in [1.29, 1.82) is 0 Å². The third-order valence-electron chi connectivity index (χ3n) is 4.67. The lowest BCUT2D eigenvalue weighted by Crippen LogP contribution is -2.32. The quantitative estimate of drug-likeness (QED) is 0.502. The smallest absolute Gasteiger partial charge is 0.325 e. The molecule has 3 N–H and O–H groups in total. The molecule has 1 aliphatic heterocycles. The Morgan fingerprint density at radius 2 is 1.97 bits per heavy atom. The van der Waals surface area contributed by atoms with E-state index in [-0.39, 0.29) is 41.1 Å². The molecule has 11 nitrogen and oxygen atoms in total. The standard InChI is InChI=1S/C17H14ClF2N7O4/c18-9-2-22-16(23-3-9)31-6-8-5-27(7-17(8,19)20)12-1-11(25-26-14(12)29)10-4-21-15(30)24-13(10)28/h1-4,8H,5-7H2,(H,26,29)(H2,21,24,28,30). The molecule has 162 valence electrons. The van der Waals surface area contributed by atoms with Gasteiger partial charge in [-0.1, -0.05) is 11.6 Å². The minimum Gasteiger partial charge on any atom is -0.463 e. The van der Waals surface area contributed by atoms with Crippen LogP contribution in [0.2, 0.25) is 5.02 Å². The van der Waals surface area contributed by atoms with Crippen LogP contribution in [-0.4, -0.2) is 55.8 Å². The van der Waals surface area contributed by atoms with Crippen molar-refractivity contribution in [3.8, 4) is 17.3 Å². The number of hydrogen-bond acceptors (Lipinski definition) is 8. The Labute approximate surface area is 176 Å². The zero-order valence-electron chi connectivity index (χ0n) is 15.6. The second-order valence-electron chi connectivity index (χ2n) is 6.79. The largest absolute Gasteiger partial charge is 0.463 e. The summed E-state index contributed by atoms with van der Waals surface area (Å²) in [5, 5.41) is 6.23. The lowest BCUT2D eigenvalue weighted by molar-refractivity contribution is -0.0364. The van der Waals surface area contributed by atoms with E-state index in [0.29, 0.717) is 0 Å². The van der Waals surface area contributed by atoms with Gasteiger partial charge in [0.1, 0.15) is 12.3 Å². The highest BCUT2D eigenvalue weighted by Crippen LogP contribution is 2.35. The number of nitrogens with zero attached hydrogens (tertiary/aromatic N) is 4. The predicted molar refractivity (Wildman–Crippen MR) is 105 cm³/mol. The zero-order chi connectivity index (χ0) is 22.2. The first-order valence-electron chi connectivity index (χ1n) is 8.88. The second-order valence-corrected chi connectivity index (χ2v) is 7.22. The van der Waals surface area contributed by atoms with Crippen LogP contribution in [0.3, 0.4) is 0 Å². The van der Waals surface area contributed by atoms with E-state index < -0.39 is 35.2 Å². The molecule has 0 aromatic carbocycles. The number of nitrogens with one attached hydrogen (secondary N) is 3. The van der Waals surface area contributed by atoms with Gasteiger partial charge in [0.15, 0.2) is 0 Å². The molecule has 1 unspecified atom stereocenters. The summed E-state index contributed by atoms with van der Waals surface area (Å²) in [6, 6.07) is 1.11. The summed E-state index contributed by atoms with van der Waals surface area (Å²) in [4.78, 5) is 48.5. The maximum atomic E-state index is 14.6. The molecular weight excluding hydrogens is 440 g/mol. The number of alkyl halides is 2. The van der Waals surface area contributed by atoms with Crippen LogP contribution >= 0.6 is 11.6 Å². The van der Waals surface area contributed by atoms with E-state index in [2.05, 4.69) is 25.1 Å². The van der Waals surface area contributed by atoms with Gasteiger partial charge in [0, 0.05) is 12.7 Å². The normalized spacial score (nSPS) is 17.6. The molecule has 1 fully saturated rings. The van der Waals surface area contributed by atoms with Crippen LogP contribution in [0.15, 0.2) is 39.0 Å². The van der Waals surface area contributed by atoms with Gasteiger partial charge < -0.3 is 14.6 Å². The molecule has 0 aliphatic carbocycles. The Kier molecular flexibility index (Phi) is 5.27. The van der Waals surface area contributed by atoms with Crippen molar-refractivity contribution in [3.63, 3.8) is 0 Å². The first-order valence-corrected chi connectivity index (χ1v) is 9.26. The van der Waals surface area contributed by atoms with E-state index in [4.69, 9.17) is 16.3 Å². The molecule has 0 saturated carbocycles. The van der Waals surface area contributed by atoms with Crippen LogP contribution in [0.1, 0.15) is 0 Å². The monoisotopic (exact) mass is 453 g/mol. The van der Waals surface area contributed by atoms with Crippen molar-refractivity contribution < 1.29 is 13.5 Å². The van der Waals surface area contributed by atoms with Gasteiger partial charge in [-0.05, 0) is 6.07 Å². The predicted octanol–water partition coefficient (Wildman–Crippen LogP) is 0.407. The molecular formula is C17H14ClF2N7O4. The highest BCUT2D eigenvalue weighted by molar-refractivity contribution is 6.30. The summed E-state index contributed by atoms with van der Waals surface area (Å²) < 4.78 is 34.4. The number of H-pyrrole nitrogens is 3. The highest BCUT2D eigenvalue weighted by Gasteiger charge is 2.49. The Hall–Kier alpha value is -3.61. The van der Waals surface area contributed by atoms with Crippen LogP contribution < -0.4 is 26.4 Å². The van der Waals surface area contributed by atoms with Crippen LogP contribution in [0.4, 0.5) is 14.5 Å². The Bertz CT molecular complexity index is 1270. The molecule has 1 saturated heterocycles. The topological polar surface area (TPSA) is 150 Å². The number of ether oxygens (including phenoxy) is 1. The minimum absolute atomic E-state index is 0.00433. The molecule has 31 heavy (non-hydrogen) atoms. The average Bonchev–Trinajstić information content (AvgIpc) is 3.02.